The molecule has 6 aromatic rings. The highest BCUT2D eigenvalue weighted by molar-refractivity contribution is 7.86. The van der Waals surface area contributed by atoms with Crippen molar-refractivity contribution in [3.8, 4) is 0 Å². The van der Waals surface area contributed by atoms with Crippen LogP contribution in [-0.2, 0) is 20.2 Å². The van der Waals surface area contributed by atoms with Crippen LogP contribution in [0, 0.1) is 0 Å². The van der Waals surface area contributed by atoms with Crippen LogP contribution in [0.3, 0.4) is 0 Å². The van der Waals surface area contributed by atoms with Crippen molar-refractivity contribution in [2.75, 3.05) is 32.1 Å². The minimum absolute atomic E-state index is 0.0248. The maximum absolute atomic E-state index is 12.8. The van der Waals surface area contributed by atoms with Gasteiger partial charge in [-0.25, -0.2) is 10.9 Å². The molecular weight excluding hydrogens is 857 g/mol. The van der Waals surface area contributed by atoms with E-state index in [1.807, 2.05) is 121 Å². The average Bonchev–Trinajstić information content (AvgIpc) is 3.27. The molecule has 10 N–H and O–H groups in total. The summed E-state index contributed by atoms with van der Waals surface area (Å²) in [6.45, 7) is 0. The molecule has 0 aromatic heterocycles. The second-order valence-electron chi connectivity index (χ2n) is 13.9. The molecule has 324 valence electrons. The Bertz CT molecular complexity index is 2810. The first-order chi connectivity index (χ1) is 30.9. The Kier molecular flexibility index (Phi) is 12.4. The van der Waals surface area contributed by atoms with Gasteiger partial charge >= 0.3 is 0 Å². The third kappa shape index (κ3) is 11.3. The summed E-state index contributed by atoms with van der Waals surface area (Å²) in [7, 11) is -9.65. The van der Waals surface area contributed by atoms with Gasteiger partial charge in [-0.1, -0.05) is 97.1 Å². The summed E-state index contributed by atoms with van der Waals surface area (Å²) in [5.41, 5.74) is 16.1. The van der Waals surface area contributed by atoms with E-state index in [2.05, 4.69) is 53.2 Å². The maximum Gasteiger partial charge on any atom is 0.295 e. The first kappa shape index (κ1) is 42.4. The SMILES string of the molecule is O=S(=O)(O)c1cc(NC2=NN(Nc3ccccc3)NC(Nc3ccccc3)=C2)ccc1C=Cc1ccc(NC2=NN(Nc3ccccc3)NC(Nc3ccccc3)=C2)cc1S(=O)(=O)O. The third-order valence-electron chi connectivity index (χ3n) is 9.12. The van der Waals surface area contributed by atoms with Gasteiger partial charge < -0.3 is 21.3 Å². The molecule has 8 rings (SSSR count). The predicted molar refractivity (Wildman–Crippen MR) is 250 cm³/mol. The van der Waals surface area contributed by atoms with Gasteiger partial charge in [0.25, 0.3) is 20.2 Å². The van der Waals surface area contributed by atoms with E-state index >= 15 is 0 Å². The van der Waals surface area contributed by atoms with Gasteiger partial charge in [-0.3, -0.25) is 20.0 Å². The first-order valence-corrected chi connectivity index (χ1v) is 22.2. The number of hydrogen-bond donors (Lipinski definition) is 10. The fourth-order valence-corrected chi connectivity index (χ4v) is 7.71. The van der Waals surface area contributed by atoms with Crippen molar-refractivity contribution in [3.63, 3.8) is 0 Å². The van der Waals surface area contributed by atoms with Crippen molar-refractivity contribution >= 4 is 78.2 Å². The van der Waals surface area contributed by atoms with E-state index in [0.717, 1.165) is 22.7 Å². The second-order valence-corrected chi connectivity index (χ2v) is 16.7. The number of nitrogens with one attached hydrogen (secondary N) is 8. The van der Waals surface area contributed by atoms with Crippen molar-refractivity contribution in [3.05, 3.63) is 193 Å². The van der Waals surface area contributed by atoms with Gasteiger partial charge in [0.2, 0.25) is 0 Å². The molecule has 0 saturated heterocycles. The van der Waals surface area contributed by atoms with Crippen LogP contribution in [0.5, 0.6) is 0 Å². The van der Waals surface area contributed by atoms with E-state index in [-0.39, 0.29) is 34.2 Å². The Balaban J connectivity index is 1.04. The van der Waals surface area contributed by atoms with E-state index < -0.39 is 30.0 Å². The number of hydrazine groups is 4. The lowest BCUT2D eigenvalue weighted by atomic mass is 10.1. The van der Waals surface area contributed by atoms with E-state index in [1.165, 1.54) is 46.9 Å². The van der Waals surface area contributed by atoms with Gasteiger partial charge in [0.05, 0.1) is 11.4 Å². The largest absolute Gasteiger partial charge is 0.341 e. The van der Waals surface area contributed by atoms with Crippen LogP contribution in [0.2, 0.25) is 0 Å². The summed E-state index contributed by atoms with van der Waals surface area (Å²) in [6, 6.07) is 45.8. The molecule has 0 radical (unpaired) electrons. The topological polar surface area (TPSA) is 236 Å². The van der Waals surface area contributed by atoms with Crippen molar-refractivity contribution in [2.24, 2.45) is 10.2 Å². The van der Waals surface area contributed by atoms with Gasteiger partial charge in [-0.05, 0) is 83.9 Å². The molecule has 0 unspecified atom stereocenters. The fourth-order valence-electron chi connectivity index (χ4n) is 6.29. The predicted octanol–water partition coefficient (Wildman–Crippen LogP) is 7.40. The number of para-hydroxylation sites is 4. The van der Waals surface area contributed by atoms with Crippen LogP contribution in [0.4, 0.5) is 34.1 Å². The zero-order valence-corrected chi connectivity index (χ0v) is 35.1. The van der Waals surface area contributed by atoms with Crippen LogP contribution in [0.15, 0.2) is 202 Å². The van der Waals surface area contributed by atoms with E-state index in [4.69, 9.17) is 0 Å². The molecule has 0 saturated carbocycles. The zero-order chi connectivity index (χ0) is 44.5. The van der Waals surface area contributed by atoms with Crippen LogP contribution in [0.25, 0.3) is 12.2 Å². The molecule has 0 fully saturated rings. The van der Waals surface area contributed by atoms with Crippen molar-refractivity contribution in [2.45, 2.75) is 9.79 Å². The van der Waals surface area contributed by atoms with Crippen LogP contribution < -0.4 is 43.0 Å². The zero-order valence-electron chi connectivity index (χ0n) is 33.5. The molecule has 18 nitrogen and oxygen atoms in total. The van der Waals surface area contributed by atoms with Crippen LogP contribution >= 0.6 is 0 Å². The van der Waals surface area contributed by atoms with Crippen molar-refractivity contribution in [1.82, 2.24) is 21.3 Å². The fraction of sp³-hybridized carbons (Fsp3) is 0. The lowest BCUT2D eigenvalue weighted by molar-refractivity contribution is 0.272. The van der Waals surface area contributed by atoms with Gasteiger partial charge in [-0.2, -0.15) is 16.8 Å². The molecular formula is C44H40N12O6S2. The quantitative estimate of drug-likeness (QED) is 0.0379. The standard InChI is InChI=1S/C44H40N12O6S2/c57-63(58,59)39-27-37(47-43-29-41(45-33-13-5-1-6-14-33)51-55(53-43)49-35-17-9-3-10-18-35)25-23-31(39)21-22-32-24-26-38(28-40(32)64(60,61)62)48-44-30-42(46-34-15-7-2-8-16-34)52-56(54-44)50-36-19-11-4-12-20-36/h1-30,45-46,49-52H,(H,47,53)(H,48,54)(H,57,58,59)(H,60,61,62). The Hall–Kier alpha value is -8.30. The monoisotopic (exact) mass is 896 g/mol. The van der Waals surface area contributed by atoms with Crippen molar-refractivity contribution < 1.29 is 25.9 Å². The summed E-state index contributed by atoms with van der Waals surface area (Å²) >= 11 is 0. The molecule has 2 aliphatic heterocycles. The minimum atomic E-state index is -4.82. The highest BCUT2D eigenvalue weighted by Crippen LogP contribution is 2.27. The van der Waals surface area contributed by atoms with E-state index in [0.29, 0.717) is 11.6 Å². The lowest BCUT2D eigenvalue weighted by Gasteiger charge is -2.28. The third-order valence-corrected chi connectivity index (χ3v) is 10.9. The highest BCUT2D eigenvalue weighted by atomic mass is 32.2. The molecule has 0 amide bonds. The number of anilines is 6. The summed E-state index contributed by atoms with van der Waals surface area (Å²) in [6.07, 6.45) is 5.96. The summed E-state index contributed by atoms with van der Waals surface area (Å²) in [4.78, 5) is -0.963. The van der Waals surface area contributed by atoms with E-state index in [1.54, 1.807) is 24.3 Å². The normalized spacial score (nSPS) is 13.9. The van der Waals surface area contributed by atoms with Gasteiger partial charge in [0.1, 0.15) is 21.4 Å². The summed E-state index contributed by atoms with van der Waals surface area (Å²) < 4.78 is 71.8. The number of nitrogens with zero attached hydrogens (tertiary/aromatic N) is 4. The minimum Gasteiger partial charge on any atom is -0.341 e. The molecule has 0 spiro atoms. The number of hydrogen-bond acceptors (Lipinski definition) is 16. The summed E-state index contributed by atoms with van der Waals surface area (Å²) in [5.74, 6) is 1.60. The molecule has 2 aliphatic rings. The first-order valence-electron chi connectivity index (χ1n) is 19.4. The van der Waals surface area contributed by atoms with Gasteiger partial charge in [0.15, 0.2) is 11.7 Å². The lowest BCUT2D eigenvalue weighted by Crippen LogP contribution is -2.44. The second kappa shape index (κ2) is 18.8. The molecule has 0 aliphatic carbocycles. The van der Waals surface area contributed by atoms with Crippen molar-refractivity contribution in [1.29, 1.82) is 0 Å². The molecule has 0 bridgehead atoms. The average molecular weight is 897 g/mol. The van der Waals surface area contributed by atoms with Crippen LogP contribution in [0.1, 0.15) is 11.1 Å². The molecule has 0 atom stereocenters. The maximum atomic E-state index is 12.8. The van der Waals surface area contributed by atoms with Gasteiger partial charge in [0, 0.05) is 34.9 Å². The number of hydrazone groups is 2. The Labute approximate surface area is 368 Å². The number of amidine groups is 2. The van der Waals surface area contributed by atoms with E-state index in [9.17, 15) is 25.9 Å². The Morgan fingerprint density at radius 1 is 0.438 bits per heavy atom. The summed E-state index contributed by atoms with van der Waals surface area (Å²) in [5, 5.41) is 24.5. The smallest absolute Gasteiger partial charge is 0.295 e. The molecule has 6 aromatic carbocycles. The van der Waals surface area contributed by atoms with Crippen LogP contribution in [-0.4, -0.2) is 48.1 Å². The Morgan fingerprint density at radius 2 is 0.781 bits per heavy atom. The number of rotatable bonds is 14. The molecule has 20 heteroatoms. The molecule has 64 heavy (non-hydrogen) atoms. The molecule has 2 heterocycles. The Morgan fingerprint density at radius 3 is 1.12 bits per heavy atom. The van der Waals surface area contributed by atoms with Gasteiger partial charge in [-0.15, -0.1) is 20.7 Å². The highest BCUT2D eigenvalue weighted by Gasteiger charge is 2.21. The number of benzene rings is 6.